The molecule has 0 aliphatic carbocycles. The fraction of sp³-hybridized carbons (Fsp3) is 1.00. The van der Waals surface area contributed by atoms with E-state index >= 15 is 0 Å². The van der Waals surface area contributed by atoms with Crippen molar-refractivity contribution in [2.24, 2.45) is 11.7 Å². The van der Waals surface area contributed by atoms with Crippen LogP contribution in [-0.2, 0) is 13.6 Å². The summed E-state index contributed by atoms with van der Waals surface area (Å²) in [6, 6.07) is -0.399. The number of hydrogen-bond acceptors (Lipinski definition) is 5. The lowest BCUT2D eigenvalue weighted by Gasteiger charge is -2.23. The molecule has 0 spiro atoms. The molecular weight excluding hydrogens is 217 g/mol. The molecule has 0 bridgehead atoms. The van der Waals surface area contributed by atoms with E-state index in [2.05, 4.69) is 0 Å². The summed E-state index contributed by atoms with van der Waals surface area (Å²) in [5.41, 5.74) is 5.75. The Kier molecular flexibility index (Phi) is 6.64. The molecule has 92 valence electrons. The van der Waals surface area contributed by atoms with Crippen molar-refractivity contribution in [3.8, 4) is 0 Å². The first-order chi connectivity index (χ1) is 6.84. The molecule has 0 aromatic heterocycles. The van der Waals surface area contributed by atoms with Gasteiger partial charge in [-0.3, -0.25) is 4.57 Å². The van der Waals surface area contributed by atoms with Gasteiger partial charge in [0.25, 0.3) is 0 Å². The molecule has 0 amide bonds. The molecule has 0 saturated carbocycles. The van der Waals surface area contributed by atoms with E-state index < -0.39 is 19.7 Å². The van der Waals surface area contributed by atoms with Gasteiger partial charge < -0.3 is 19.9 Å². The molecule has 0 heterocycles. The van der Waals surface area contributed by atoms with Gasteiger partial charge >= 0.3 is 7.60 Å². The Balaban J connectivity index is 4.22. The van der Waals surface area contributed by atoms with E-state index in [1.807, 2.05) is 13.8 Å². The van der Waals surface area contributed by atoms with Crippen molar-refractivity contribution in [1.82, 2.24) is 0 Å². The molecule has 0 aliphatic rings. The van der Waals surface area contributed by atoms with Gasteiger partial charge in [-0.15, -0.1) is 0 Å². The van der Waals surface area contributed by atoms with Gasteiger partial charge in [-0.1, -0.05) is 13.8 Å². The quantitative estimate of drug-likeness (QED) is 0.652. The molecule has 0 aromatic carbocycles. The van der Waals surface area contributed by atoms with Gasteiger partial charge in [0.15, 0.2) is 0 Å². The highest BCUT2D eigenvalue weighted by Crippen LogP contribution is 2.47. The summed E-state index contributed by atoms with van der Waals surface area (Å²) in [6.07, 6.45) is -0.249. The van der Waals surface area contributed by atoms with Crippen molar-refractivity contribution < 1.29 is 18.7 Å². The lowest BCUT2D eigenvalue weighted by atomic mass is 10.0. The second kappa shape index (κ2) is 6.61. The van der Waals surface area contributed by atoms with Crippen molar-refractivity contribution >= 4 is 7.60 Å². The van der Waals surface area contributed by atoms with Crippen LogP contribution in [0.2, 0.25) is 0 Å². The Morgan fingerprint density at radius 1 is 1.33 bits per heavy atom. The Hall–Kier alpha value is 0.0700. The van der Waals surface area contributed by atoms with E-state index in [-0.39, 0.29) is 6.16 Å². The highest BCUT2D eigenvalue weighted by molar-refractivity contribution is 7.53. The molecule has 0 radical (unpaired) electrons. The van der Waals surface area contributed by atoms with E-state index in [0.717, 1.165) is 0 Å². The van der Waals surface area contributed by atoms with Gasteiger partial charge in [0.2, 0.25) is 0 Å². The fourth-order valence-corrected chi connectivity index (χ4v) is 2.47. The van der Waals surface area contributed by atoms with Crippen LogP contribution in [0.1, 0.15) is 20.3 Å². The Bertz CT molecular complexity index is 214. The molecule has 5 nitrogen and oxygen atoms in total. The van der Waals surface area contributed by atoms with E-state index in [0.29, 0.717) is 12.3 Å². The fourth-order valence-electron chi connectivity index (χ4n) is 1.29. The first-order valence-corrected chi connectivity index (χ1v) is 6.71. The number of rotatable bonds is 7. The zero-order chi connectivity index (χ0) is 12.1. The summed E-state index contributed by atoms with van der Waals surface area (Å²) in [4.78, 5) is 0. The number of aliphatic hydroxyl groups is 1. The SMILES string of the molecule is COP(=O)(C[C@@H](O)[C@@H](N)CC(C)C)OC. The first kappa shape index (κ1) is 15.1. The number of nitrogens with two attached hydrogens (primary N) is 1. The van der Waals surface area contributed by atoms with Crippen molar-refractivity contribution in [3.63, 3.8) is 0 Å². The van der Waals surface area contributed by atoms with Crippen LogP contribution in [0.3, 0.4) is 0 Å². The van der Waals surface area contributed by atoms with Crippen LogP contribution in [0.25, 0.3) is 0 Å². The summed E-state index contributed by atoms with van der Waals surface area (Å²) in [5.74, 6) is 0.388. The van der Waals surface area contributed by atoms with E-state index in [4.69, 9.17) is 14.8 Å². The van der Waals surface area contributed by atoms with Crippen LogP contribution in [-0.4, -0.2) is 37.6 Å². The van der Waals surface area contributed by atoms with Crippen molar-refractivity contribution in [3.05, 3.63) is 0 Å². The predicted octanol–water partition coefficient (Wildman–Crippen LogP) is 1.21. The minimum Gasteiger partial charge on any atom is -0.391 e. The van der Waals surface area contributed by atoms with Crippen LogP contribution >= 0.6 is 7.60 Å². The zero-order valence-corrected chi connectivity index (χ0v) is 10.7. The average Bonchev–Trinajstić information content (AvgIpc) is 2.16. The second-order valence-corrected chi connectivity index (χ2v) is 6.34. The lowest BCUT2D eigenvalue weighted by Crippen LogP contribution is -2.38. The number of hydrogen-bond donors (Lipinski definition) is 2. The third-order valence-corrected chi connectivity index (χ3v) is 4.14. The topological polar surface area (TPSA) is 81.8 Å². The van der Waals surface area contributed by atoms with E-state index in [9.17, 15) is 9.67 Å². The molecule has 0 fully saturated rings. The van der Waals surface area contributed by atoms with Gasteiger partial charge in [0.05, 0.1) is 12.3 Å². The van der Waals surface area contributed by atoms with E-state index in [1.54, 1.807) is 0 Å². The molecule has 0 unspecified atom stereocenters. The summed E-state index contributed by atoms with van der Waals surface area (Å²) < 4.78 is 21.2. The minimum atomic E-state index is -3.16. The molecule has 0 saturated heterocycles. The predicted molar refractivity (Wildman–Crippen MR) is 59.9 cm³/mol. The summed E-state index contributed by atoms with van der Waals surface area (Å²) >= 11 is 0. The average molecular weight is 239 g/mol. The molecule has 0 rings (SSSR count). The van der Waals surface area contributed by atoms with E-state index in [1.165, 1.54) is 14.2 Å². The highest BCUT2D eigenvalue weighted by Gasteiger charge is 2.29. The van der Waals surface area contributed by atoms with Crippen LogP contribution in [0.5, 0.6) is 0 Å². The third kappa shape index (κ3) is 5.64. The maximum atomic E-state index is 11.7. The van der Waals surface area contributed by atoms with Crippen molar-refractivity contribution in [2.45, 2.75) is 32.4 Å². The lowest BCUT2D eigenvalue weighted by molar-refractivity contribution is 0.144. The molecule has 0 aliphatic heterocycles. The van der Waals surface area contributed by atoms with Gasteiger partial charge in [-0.25, -0.2) is 0 Å². The third-order valence-electron chi connectivity index (χ3n) is 2.20. The summed E-state index contributed by atoms with van der Waals surface area (Å²) in [5, 5.41) is 9.71. The van der Waals surface area contributed by atoms with Gasteiger partial charge in [-0.05, 0) is 12.3 Å². The minimum absolute atomic E-state index is 0.0616. The van der Waals surface area contributed by atoms with Gasteiger partial charge in [-0.2, -0.15) is 0 Å². The van der Waals surface area contributed by atoms with Crippen molar-refractivity contribution in [1.29, 1.82) is 0 Å². The Labute approximate surface area is 91.5 Å². The second-order valence-electron chi connectivity index (χ2n) is 4.02. The molecule has 15 heavy (non-hydrogen) atoms. The highest BCUT2D eigenvalue weighted by atomic mass is 31.2. The largest absolute Gasteiger partial charge is 0.391 e. The summed E-state index contributed by atoms with van der Waals surface area (Å²) in [6.45, 7) is 4.03. The molecular formula is C9H22NO4P. The molecule has 6 heteroatoms. The first-order valence-electron chi connectivity index (χ1n) is 4.98. The van der Waals surface area contributed by atoms with Gasteiger partial charge in [0, 0.05) is 20.3 Å². The molecule has 2 atom stereocenters. The van der Waals surface area contributed by atoms with Crippen molar-refractivity contribution in [2.75, 3.05) is 20.4 Å². The van der Waals surface area contributed by atoms with Crippen LogP contribution in [0.4, 0.5) is 0 Å². The normalized spacial score (nSPS) is 16.7. The number of aliphatic hydroxyl groups excluding tert-OH is 1. The zero-order valence-electron chi connectivity index (χ0n) is 9.84. The molecule has 3 N–H and O–H groups in total. The summed E-state index contributed by atoms with van der Waals surface area (Å²) in [7, 11) is -0.571. The van der Waals surface area contributed by atoms with Crippen LogP contribution in [0.15, 0.2) is 0 Å². The van der Waals surface area contributed by atoms with Crippen LogP contribution < -0.4 is 5.73 Å². The Morgan fingerprint density at radius 3 is 2.13 bits per heavy atom. The molecule has 0 aromatic rings. The monoisotopic (exact) mass is 239 g/mol. The standard InChI is InChI=1S/C9H22NO4P/c1-7(2)5-8(10)9(11)6-15(12,13-3)14-4/h7-9,11H,5-6,10H2,1-4H3/t8-,9+/m0/s1. The van der Waals surface area contributed by atoms with Gasteiger partial charge in [0.1, 0.15) is 0 Å². The Morgan fingerprint density at radius 2 is 1.80 bits per heavy atom. The maximum absolute atomic E-state index is 11.7. The smallest absolute Gasteiger partial charge is 0.332 e. The maximum Gasteiger partial charge on any atom is 0.332 e. The van der Waals surface area contributed by atoms with Crippen LogP contribution in [0, 0.1) is 5.92 Å².